The van der Waals surface area contributed by atoms with Gasteiger partial charge < -0.3 is 10.6 Å². The fraction of sp³-hybridized carbons (Fsp3) is 0.500. The smallest absolute Gasteiger partial charge is 0.229 e. The van der Waals surface area contributed by atoms with Crippen LogP contribution >= 0.6 is 0 Å². The average molecular weight is 276 g/mol. The molecule has 1 atom stereocenters. The summed E-state index contributed by atoms with van der Waals surface area (Å²) in [5.41, 5.74) is 0.785. The summed E-state index contributed by atoms with van der Waals surface area (Å²) in [6, 6.07) is 7.24. The molecule has 110 valence electrons. The summed E-state index contributed by atoms with van der Waals surface area (Å²) in [7, 11) is 0. The number of hydrogen-bond acceptors (Lipinski definition) is 2. The fourth-order valence-corrected chi connectivity index (χ4v) is 1.45. The van der Waals surface area contributed by atoms with Crippen LogP contribution in [0.3, 0.4) is 0 Å². The Morgan fingerprint density at radius 3 is 2.05 bits per heavy atom. The van der Waals surface area contributed by atoms with Crippen LogP contribution in [0, 0.1) is 11.3 Å². The topological polar surface area (TPSA) is 58.2 Å². The Morgan fingerprint density at radius 2 is 1.60 bits per heavy atom. The molecule has 0 aromatic heterocycles. The second-order valence-electron chi connectivity index (χ2n) is 6.05. The Labute approximate surface area is 121 Å². The Balaban J connectivity index is 2.89. The van der Waals surface area contributed by atoms with Crippen molar-refractivity contribution >= 4 is 23.2 Å². The molecule has 0 saturated carbocycles. The van der Waals surface area contributed by atoms with Gasteiger partial charge in [-0.15, -0.1) is 0 Å². The quantitative estimate of drug-likeness (QED) is 0.881. The minimum atomic E-state index is -0.478. The molecule has 0 aliphatic heterocycles. The number of carbonyl (C=O) groups is 2. The van der Waals surface area contributed by atoms with Gasteiger partial charge in [0.05, 0.1) is 11.4 Å². The minimum Gasteiger partial charge on any atom is -0.324 e. The zero-order chi connectivity index (χ0) is 15.3. The van der Waals surface area contributed by atoms with E-state index in [1.165, 1.54) is 0 Å². The maximum absolute atomic E-state index is 12.0. The monoisotopic (exact) mass is 276 g/mol. The predicted octanol–water partition coefficient (Wildman–Crippen LogP) is 3.66. The van der Waals surface area contributed by atoms with Gasteiger partial charge in [-0.2, -0.15) is 0 Å². The van der Waals surface area contributed by atoms with E-state index in [2.05, 4.69) is 10.6 Å². The number of benzene rings is 1. The lowest BCUT2D eigenvalue weighted by Gasteiger charge is -2.20. The van der Waals surface area contributed by atoms with Crippen molar-refractivity contribution in [2.45, 2.75) is 41.0 Å². The van der Waals surface area contributed by atoms with Gasteiger partial charge >= 0.3 is 0 Å². The zero-order valence-electron chi connectivity index (χ0n) is 12.9. The third kappa shape index (κ3) is 4.37. The zero-order valence-corrected chi connectivity index (χ0v) is 12.9. The highest BCUT2D eigenvalue weighted by atomic mass is 16.2. The van der Waals surface area contributed by atoms with E-state index in [9.17, 15) is 9.59 Å². The normalized spacial score (nSPS) is 12.7. The first kappa shape index (κ1) is 16.2. The first-order valence-electron chi connectivity index (χ1n) is 6.97. The molecule has 1 aromatic carbocycles. The molecule has 1 aromatic rings. The summed E-state index contributed by atoms with van der Waals surface area (Å²) in [6.07, 6.45) is 0.780. The van der Waals surface area contributed by atoms with Crippen LogP contribution in [-0.2, 0) is 9.59 Å². The van der Waals surface area contributed by atoms with Gasteiger partial charge in [-0.25, -0.2) is 0 Å². The molecule has 4 nitrogen and oxygen atoms in total. The largest absolute Gasteiger partial charge is 0.324 e. The van der Waals surface area contributed by atoms with Crippen molar-refractivity contribution < 1.29 is 9.59 Å². The van der Waals surface area contributed by atoms with Gasteiger partial charge in [-0.3, -0.25) is 9.59 Å². The van der Waals surface area contributed by atoms with Crippen LogP contribution in [0.25, 0.3) is 0 Å². The second-order valence-corrected chi connectivity index (χ2v) is 6.05. The number of carbonyl (C=O) groups excluding carboxylic acids is 2. The van der Waals surface area contributed by atoms with Crippen LogP contribution in [0.2, 0.25) is 0 Å². The van der Waals surface area contributed by atoms with Crippen molar-refractivity contribution in [3.8, 4) is 0 Å². The molecule has 0 radical (unpaired) electrons. The minimum absolute atomic E-state index is 0.0371. The number of amides is 2. The molecule has 0 fully saturated rings. The summed E-state index contributed by atoms with van der Waals surface area (Å²) >= 11 is 0. The van der Waals surface area contributed by atoms with Crippen molar-refractivity contribution in [3.63, 3.8) is 0 Å². The number of anilines is 2. The van der Waals surface area contributed by atoms with E-state index in [0.717, 1.165) is 6.42 Å². The van der Waals surface area contributed by atoms with Crippen LogP contribution in [0.5, 0.6) is 0 Å². The lowest BCUT2D eigenvalue weighted by molar-refractivity contribution is -0.123. The molecule has 2 N–H and O–H groups in total. The van der Waals surface area contributed by atoms with E-state index in [1.807, 2.05) is 46.8 Å². The fourth-order valence-electron chi connectivity index (χ4n) is 1.45. The molecular weight excluding hydrogens is 252 g/mol. The van der Waals surface area contributed by atoms with Gasteiger partial charge in [-0.1, -0.05) is 46.8 Å². The Bertz CT molecular complexity index is 489. The molecule has 0 aliphatic carbocycles. The van der Waals surface area contributed by atoms with Crippen LogP contribution in [0.15, 0.2) is 24.3 Å². The maximum atomic E-state index is 12.0. The van der Waals surface area contributed by atoms with E-state index in [-0.39, 0.29) is 17.7 Å². The highest BCUT2D eigenvalue weighted by molar-refractivity contribution is 6.01. The number of hydrogen-bond donors (Lipinski definition) is 2. The van der Waals surface area contributed by atoms with E-state index >= 15 is 0 Å². The van der Waals surface area contributed by atoms with Crippen molar-refractivity contribution in [1.29, 1.82) is 0 Å². The van der Waals surface area contributed by atoms with Gasteiger partial charge in [0.25, 0.3) is 0 Å². The van der Waals surface area contributed by atoms with E-state index in [1.54, 1.807) is 12.1 Å². The highest BCUT2D eigenvalue weighted by Crippen LogP contribution is 2.24. The summed E-state index contributed by atoms with van der Waals surface area (Å²) < 4.78 is 0. The van der Waals surface area contributed by atoms with E-state index < -0.39 is 5.41 Å². The van der Waals surface area contributed by atoms with Gasteiger partial charge in [0.15, 0.2) is 0 Å². The molecule has 0 bridgehead atoms. The Hall–Kier alpha value is -1.84. The average Bonchev–Trinajstić information content (AvgIpc) is 2.38. The molecule has 0 aliphatic rings. The van der Waals surface area contributed by atoms with Crippen LogP contribution < -0.4 is 10.6 Å². The van der Waals surface area contributed by atoms with Gasteiger partial charge in [-0.05, 0) is 18.6 Å². The molecule has 0 spiro atoms. The summed E-state index contributed by atoms with van der Waals surface area (Å²) in [6.45, 7) is 9.40. The van der Waals surface area contributed by atoms with Crippen molar-refractivity contribution in [3.05, 3.63) is 24.3 Å². The van der Waals surface area contributed by atoms with Crippen molar-refractivity contribution in [2.24, 2.45) is 11.3 Å². The molecular formula is C16H24N2O2. The standard InChI is InChI=1S/C16H24N2O2/c1-6-11(2)14(19)17-12-9-7-8-10-13(12)18-15(20)16(3,4)5/h7-11H,6H2,1-5H3,(H,17,19)(H,18,20). The van der Waals surface area contributed by atoms with Gasteiger partial charge in [0.1, 0.15) is 0 Å². The Kier molecular flexibility index (Phi) is 5.31. The van der Waals surface area contributed by atoms with E-state index in [0.29, 0.717) is 11.4 Å². The molecule has 1 unspecified atom stereocenters. The molecule has 2 amide bonds. The molecule has 1 rings (SSSR count). The number of nitrogens with one attached hydrogen (secondary N) is 2. The summed E-state index contributed by atoms with van der Waals surface area (Å²) in [5, 5.41) is 5.72. The highest BCUT2D eigenvalue weighted by Gasteiger charge is 2.22. The first-order valence-corrected chi connectivity index (χ1v) is 6.97. The first-order chi connectivity index (χ1) is 9.25. The van der Waals surface area contributed by atoms with Crippen LogP contribution in [-0.4, -0.2) is 11.8 Å². The molecule has 20 heavy (non-hydrogen) atoms. The summed E-state index contributed by atoms with van der Waals surface area (Å²) in [4.78, 5) is 24.0. The lowest BCUT2D eigenvalue weighted by Crippen LogP contribution is -2.28. The molecule has 0 saturated heterocycles. The third-order valence-electron chi connectivity index (χ3n) is 3.17. The third-order valence-corrected chi connectivity index (χ3v) is 3.17. The lowest BCUT2D eigenvalue weighted by atomic mass is 9.95. The van der Waals surface area contributed by atoms with Crippen molar-refractivity contribution in [2.75, 3.05) is 10.6 Å². The maximum Gasteiger partial charge on any atom is 0.229 e. The molecule has 4 heteroatoms. The summed E-state index contributed by atoms with van der Waals surface area (Å²) in [5.74, 6) is -0.172. The SMILES string of the molecule is CCC(C)C(=O)Nc1ccccc1NC(=O)C(C)(C)C. The van der Waals surface area contributed by atoms with Crippen LogP contribution in [0.1, 0.15) is 41.0 Å². The van der Waals surface area contributed by atoms with Gasteiger partial charge in [0, 0.05) is 11.3 Å². The van der Waals surface area contributed by atoms with Crippen molar-refractivity contribution in [1.82, 2.24) is 0 Å². The second kappa shape index (κ2) is 6.55. The number of para-hydroxylation sites is 2. The van der Waals surface area contributed by atoms with Gasteiger partial charge in [0.2, 0.25) is 11.8 Å². The number of rotatable bonds is 4. The Morgan fingerprint density at radius 1 is 1.10 bits per heavy atom. The van der Waals surface area contributed by atoms with E-state index in [4.69, 9.17) is 0 Å². The molecule has 0 heterocycles. The predicted molar refractivity (Wildman–Crippen MR) is 82.6 cm³/mol. The van der Waals surface area contributed by atoms with Crippen LogP contribution in [0.4, 0.5) is 11.4 Å².